The minimum atomic E-state index is 0.125. The predicted molar refractivity (Wildman–Crippen MR) is 79.7 cm³/mol. The number of benzene rings is 2. The molecule has 0 aliphatic carbocycles. The summed E-state index contributed by atoms with van der Waals surface area (Å²) in [5, 5.41) is 0. The molecule has 0 radical (unpaired) electrons. The fourth-order valence-corrected chi connectivity index (χ4v) is 0.956. The Labute approximate surface area is 126 Å². The predicted octanol–water partition coefficient (Wildman–Crippen LogP) is 5.43. The SMILES string of the molecule is [Br][Ti][Br].[CH2-]c1ccccc1.[CH2-]c1ccccc1. The molecule has 0 aromatic heterocycles. The molecule has 2 rings (SSSR count). The van der Waals surface area contributed by atoms with E-state index < -0.39 is 0 Å². The van der Waals surface area contributed by atoms with Crippen molar-refractivity contribution in [1.29, 1.82) is 0 Å². The molecular weight excluding hydrogens is 376 g/mol. The Bertz CT molecular complexity index is 325. The fourth-order valence-electron chi connectivity index (χ4n) is 0.956. The zero-order valence-electron chi connectivity index (χ0n) is 9.44. The average molecular weight is 390 g/mol. The van der Waals surface area contributed by atoms with Crippen molar-refractivity contribution < 1.29 is 15.0 Å². The summed E-state index contributed by atoms with van der Waals surface area (Å²) in [6, 6.07) is 19.7. The first-order chi connectivity index (χ1) is 8.20. The third kappa shape index (κ3) is 12.1. The van der Waals surface area contributed by atoms with Gasteiger partial charge in [0, 0.05) is 0 Å². The Kier molecular flexibility index (Phi) is 12.2. The molecule has 0 unspecified atom stereocenters. The number of rotatable bonds is 0. The van der Waals surface area contributed by atoms with Crippen molar-refractivity contribution in [2.24, 2.45) is 0 Å². The van der Waals surface area contributed by atoms with Gasteiger partial charge in [0.2, 0.25) is 0 Å². The van der Waals surface area contributed by atoms with Gasteiger partial charge in [-0.15, -0.1) is 24.3 Å². The molecule has 0 N–H and O–H groups in total. The van der Waals surface area contributed by atoms with Crippen LogP contribution in [0.2, 0.25) is 0 Å². The Balaban J connectivity index is 0.000000247. The molecule has 3 heteroatoms. The van der Waals surface area contributed by atoms with Gasteiger partial charge in [0.1, 0.15) is 0 Å². The van der Waals surface area contributed by atoms with Crippen LogP contribution in [-0.2, 0) is 15.0 Å². The number of halogens is 2. The van der Waals surface area contributed by atoms with E-state index in [1.165, 1.54) is 0 Å². The van der Waals surface area contributed by atoms with Gasteiger partial charge in [0.15, 0.2) is 0 Å². The molecule has 0 heterocycles. The van der Waals surface area contributed by atoms with Crippen LogP contribution in [0.5, 0.6) is 0 Å². The van der Waals surface area contributed by atoms with E-state index in [4.69, 9.17) is 0 Å². The molecular formula is C14H14Br2Ti-2. The van der Waals surface area contributed by atoms with E-state index in [0.29, 0.717) is 0 Å². The summed E-state index contributed by atoms with van der Waals surface area (Å²) in [5.41, 5.74) is 2.14. The van der Waals surface area contributed by atoms with Gasteiger partial charge >= 0.3 is 41.3 Å². The molecule has 2 aromatic carbocycles. The van der Waals surface area contributed by atoms with Gasteiger partial charge in [-0.1, -0.05) is 12.1 Å². The van der Waals surface area contributed by atoms with Crippen LogP contribution in [0.4, 0.5) is 0 Å². The second-order valence-corrected chi connectivity index (χ2v) is 10.9. The molecule has 0 nitrogen and oxygen atoms in total. The van der Waals surface area contributed by atoms with Crippen molar-refractivity contribution >= 4 is 26.3 Å². The monoisotopic (exact) mass is 388 g/mol. The first-order valence-corrected chi connectivity index (χ1v) is 12.6. The maximum absolute atomic E-state index is 3.72. The Morgan fingerprint density at radius 3 is 1.00 bits per heavy atom. The van der Waals surface area contributed by atoms with Gasteiger partial charge in [-0.2, -0.15) is 49.2 Å². The molecule has 17 heavy (non-hydrogen) atoms. The van der Waals surface area contributed by atoms with Gasteiger partial charge in [0.25, 0.3) is 0 Å². The first kappa shape index (κ1) is 16.9. The van der Waals surface area contributed by atoms with Crippen molar-refractivity contribution in [3.63, 3.8) is 0 Å². The summed E-state index contributed by atoms with van der Waals surface area (Å²) in [4.78, 5) is 0. The summed E-state index contributed by atoms with van der Waals surface area (Å²) >= 11 is 6.50. The summed E-state index contributed by atoms with van der Waals surface area (Å²) < 4.78 is 0. The quantitative estimate of drug-likeness (QED) is 0.416. The van der Waals surface area contributed by atoms with Crippen molar-refractivity contribution in [3.05, 3.63) is 85.6 Å². The molecule has 0 bridgehead atoms. The second-order valence-electron chi connectivity index (χ2n) is 3.04. The summed E-state index contributed by atoms with van der Waals surface area (Å²) in [7, 11) is 0. The molecule has 0 aliphatic rings. The van der Waals surface area contributed by atoms with E-state index in [9.17, 15) is 0 Å². The molecule has 0 spiro atoms. The van der Waals surface area contributed by atoms with Crippen molar-refractivity contribution in [2.45, 2.75) is 0 Å². The van der Waals surface area contributed by atoms with Crippen LogP contribution in [0, 0.1) is 13.8 Å². The molecule has 0 fully saturated rings. The summed E-state index contributed by atoms with van der Waals surface area (Å²) in [5.74, 6) is 0. The van der Waals surface area contributed by atoms with Crippen LogP contribution in [0.1, 0.15) is 11.1 Å². The smallest absolute Gasteiger partial charge is 0.0866 e. The van der Waals surface area contributed by atoms with E-state index in [1.807, 2.05) is 60.7 Å². The third-order valence-corrected chi connectivity index (χ3v) is 1.69. The van der Waals surface area contributed by atoms with Crippen LogP contribution < -0.4 is 0 Å². The molecule has 0 aliphatic heterocycles. The first-order valence-electron chi connectivity index (χ1n) is 4.91. The Hall–Kier alpha value is -0.146. The van der Waals surface area contributed by atoms with Crippen molar-refractivity contribution in [1.82, 2.24) is 0 Å². The number of hydrogen-bond acceptors (Lipinski definition) is 0. The van der Waals surface area contributed by atoms with Gasteiger partial charge in [-0.25, -0.2) is 0 Å². The largest absolute Gasteiger partial charge is 0.199 e. The standard InChI is InChI=1S/2C7H7.2BrH.Ti/c2*1-7-5-3-2-4-6-7;;;/h2*2-6H,1H2;2*1H;/q2*-1;;;+2/p-2. The molecule has 2 aromatic rings. The van der Waals surface area contributed by atoms with Gasteiger partial charge < -0.3 is 0 Å². The van der Waals surface area contributed by atoms with Gasteiger partial charge in [0.05, 0.1) is 0 Å². The van der Waals surface area contributed by atoms with E-state index in [2.05, 4.69) is 40.2 Å². The molecule has 90 valence electrons. The molecule has 0 amide bonds. The van der Waals surface area contributed by atoms with Gasteiger partial charge in [-0.05, 0) is 0 Å². The zero-order valence-corrected chi connectivity index (χ0v) is 14.2. The minimum Gasteiger partial charge on any atom is -0.199 e. The van der Waals surface area contributed by atoms with Crippen LogP contribution >= 0.6 is 26.3 Å². The van der Waals surface area contributed by atoms with Crippen molar-refractivity contribution in [2.75, 3.05) is 0 Å². The minimum absolute atomic E-state index is 0.125. The van der Waals surface area contributed by atoms with E-state index >= 15 is 0 Å². The van der Waals surface area contributed by atoms with E-state index in [1.54, 1.807) is 0 Å². The number of hydrogen-bond donors (Lipinski definition) is 0. The zero-order chi connectivity index (χ0) is 12.9. The molecule has 0 saturated carbocycles. The maximum Gasteiger partial charge on any atom is -0.0866 e. The second kappa shape index (κ2) is 12.3. The van der Waals surface area contributed by atoms with Crippen LogP contribution in [0.15, 0.2) is 60.7 Å². The Morgan fingerprint density at radius 1 is 0.647 bits per heavy atom. The van der Waals surface area contributed by atoms with Gasteiger partial charge in [-0.3, -0.25) is 0 Å². The third-order valence-electron chi connectivity index (χ3n) is 1.69. The Morgan fingerprint density at radius 2 is 0.882 bits per heavy atom. The maximum atomic E-state index is 3.72. The molecule has 0 atom stereocenters. The van der Waals surface area contributed by atoms with E-state index in [0.717, 1.165) is 11.1 Å². The fraction of sp³-hybridized carbons (Fsp3) is 0. The molecule has 0 saturated heterocycles. The average Bonchev–Trinajstić information content (AvgIpc) is 2.33. The summed E-state index contributed by atoms with van der Waals surface area (Å²) in [6.07, 6.45) is 0. The topological polar surface area (TPSA) is 0 Å². The van der Waals surface area contributed by atoms with Crippen LogP contribution in [0.3, 0.4) is 0 Å². The van der Waals surface area contributed by atoms with Crippen LogP contribution in [0.25, 0.3) is 0 Å². The normalized spacial score (nSPS) is 7.88. The van der Waals surface area contributed by atoms with E-state index in [-0.39, 0.29) is 15.0 Å². The van der Waals surface area contributed by atoms with Crippen molar-refractivity contribution in [3.8, 4) is 0 Å². The van der Waals surface area contributed by atoms with Crippen LogP contribution in [-0.4, -0.2) is 0 Å². The summed E-state index contributed by atoms with van der Waals surface area (Å²) in [6.45, 7) is 7.44.